The first-order valence-corrected chi connectivity index (χ1v) is 12.0. The average molecular weight is 428 g/mol. The van der Waals surface area contributed by atoms with E-state index in [0.29, 0.717) is 37.0 Å². The second-order valence-electron chi connectivity index (χ2n) is 8.34. The smallest absolute Gasteiger partial charge is 0.317 e. The van der Waals surface area contributed by atoms with Gasteiger partial charge in [-0.25, -0.2) is 13.2 Å². The lowest BCUT2D eigenvalue weighted by atomic mass is 10.0. The summed E-state index contributed by atoms with van der Waals surface area (Å²) in [7, 11) is -3.56. The minimum Gasteiger partial charge on any atom is -0.331 e. The maximum absolute atomic E-state index is 13.1. The molecule has 0 aromatic heterocycles. The Hall–Kier alpha value is -2.38. The van der Waals surface area contributed by atoms with Gasteiger partial charge in [0.15, 0.2) is 0 Å². The molecular weight excluding hydrogens is 398 g/mol. The zero-order chi connectivity index (χ0) is 21.3. The molecule has 2 aromatic carbocycles. The predicted molar refractivity (Wildman–Crippen MR) is 117 cm³/mol. The molecule has 2 aromatic rings. The Morgan fingerprint density at radius 2 is 1.67 bits per heavy atom. The van der Waals surface area contributed by atoms with Crippen molar-refractivity contribution in [2.45, 2.75) is 37.6 Å². The van der Waals surface area contributed by atoms with Crippen LogP contribution in [-0.2, 0) is 10.0 Å². The molecule has 1 N–H and O–H groups in total. The number of piperazine rings is 1. The number of aryl methyl sites for hydroxylation is 2. The van der Waals surface area contributed by atoms with Crippen molar-refractivity contribution in [1.29, 1.82) is 0 Å². The first-order valence-electron chi connectivity index (χ1n) is 10.5. The third-order valence-corrected chi connectivity index (χ3v) is 8.06. The van der Waals surface area contributed by atoms with Gasteiger partial charge >= 0.3 is 6.03 Å². The van der Waals surface area contributed by atoms with Crippen LogP contribution in [0.25, 0.3) is 0 Å². The van der Waals surface area contributed by atoms with Crippen LogP contribution in [0.15, 0.2) is 53.4 Å². The van der Waals surface area contributed by atoms with Crippen LogP contribution in [0.1, 0.15) is 35.6 Å². The Bertz CT molecular complexity index is 1010. The lowest BCUT2D eigenvalue weighted by molar-refractivity contribution is 0.167. The van der Waals surface area contributed by atoms with E-state index >= 15 is 0 Å². The number of urea groups is 1. The van der Waals surface area contributed by atoms with E-state index in [0.717, 1.165) is 29.5 Å². The van der Waals surface area contributed by atoms with E-state index in [9.17, 15) is 13.2 Å². The molecule has 2 amide bonds. The number of hydrogen-bond donors (Lipinski definition) is 1. The highest BCUT2D eigenvalue weighted by atomic mass is 32.2. The quantitative estimate of drug-likeness (QED) is 0.794. The molecule has 4 rings (SSSR count). The Morgan fingerprint density at radius 3 is 2.30 bits per heavy atom. The summed E-state index contributed by atoms with van der Waals surface area (Å²) in [5.41, 5.74) is 2.80. The summed E-state index contributed by atoms with van der Waals surface area (Å²) >= 11 is 0. The standard InChI is InChI=1S/C23H29N3O3S/c1-17-8-9-18(2)21(16-17)30(28,29)26-14-12-25(13-15-26)23(27)24-22(20-10-11-20)19-6-4-3-5-7-19/h3-9,16,20,22H,10-15H2,1-2H3,(H,24,27). The number of rotatable bonds is 5. The maximum Gasteiger partial charge on any atom is 0.317 e. The number of hydrogen-bond acceptors (Lipinski definition) is 3. The van der Waals surface area contributed by atoms with Crippen LogP contribution in [-0.4, -0.2) is 49.8 Å². The number of carbonyl (C=O) groups is 1. The molecule has 0 bridgehead atoms. The van der Waals surface area contributed by atoms with E-state index in [1.807, 2.05) is 44.2 Å². The maximum atomic E-state index is 13.1. The Labute approximate surface area is 178 Å². The van der Waals surface area contributed by atoms with Gasteiger partial charge in [-0.3, -0.25) is 0 Å². The molecule has 2 fully saturated rings. The molecule has 7 heteroatoms. The summed E-state index contributed by atoms with van der Waals surface area (Å²) in [5, 5.41) is 3.19. The largest absolute Gasteiger partial charge is 0.331 e. The number of amides is 2. The fourth-order valence-corrected chi connectivity index (χ4v) is 5.78. The van der Waals surface area contributed by atoms with E-state index in [4.69, 9.17) is 0 Å². The summed E-state index contributed by atoms with van der Waals surface area (Å²) < 4.78 is 27.7. The van der Waals surface area contributed by atoms with E-state index in [1.165, 1.54) is 4.31 Å². The third kappa shape index (κ3) is 4.37. The molecule has 1 saturated carbocycles. The van der Waals surface area contributed by atoms with Gasteiger partial charge in [0.25, 0.3) is 0 Å². The second-order valence-corrected chi connectivity index (χ2v) is 10.2. The van der Waals surface area contributed by atoms with E-state index < -0.39 is 10.0 Å². The molecule has 1 aliphatic carbocycles. The lowest BCUT2D eigenvalue weighted by Gasteiger charge is -2.35. The summed E-state index contributed by atoms with van der Waals surface area (Å²) in [6, 6.07) is 15.5. The van der Waals surface area contributed by atoms with Crippen LogP contribution in [0.2, 0.25) is 0 Å². The molecule has 1 heterocycles. The van der Waals surface area contributed by atoms with Crippen LogP contribution in [0, 0.1) is 19.8 Å². The lowest BCUT2D eigenvalue weighted by Crippen LogP contribution is -2.53. The Morgan fingerprint density at radius 1 is 1.00 bits per heavy atom. The van der Waals surface area contributed by atoms with E-state index in [-0.39, 0.29) is 12.1 Å². The van der Waals surface area contributed by atoms with Gasteiger partial charge in [-0.15, -0.1) is 0 Å². The van der Waals surface area contributed by atoms with Crippen molar-refractivity contribution >= 4 is 16.1 Å². The van der Waals surface area contributed by atoms with Crippen LogP contribution in [0.3, 0.4) is 0 Å². The van der Waals surface area contributed by atoms with Crippen molar-refractivity contribution in [2.24, 2.45) is 5.92 Å². The monoisotopic (exact) mass is 427 g/mol. The van der Waals surface area contributed by atoms with Crippen LogP contribution in [0.5, 0.6) is 0 Å². The minimum absolute atomic E-state index is 0.0235. The van der Waals surface area contributed by atoms with Crippen molar-refractivity contribution in [2.75, 3.05) is 26.2 Å². The molecule has 1 saturated heterocycles. The number of carbonyl (C=O) groups excluding carboxylic acids is 1. The molecule has 0 radical (unpaired) electrons. The van der Waals surface area contributed by atoms with Crippen LogP contribution < -0.4 is 5.32 Å². The first-order chi connectivity index (χ1) is 14.4. The SMILES string of the molecule is Cc1ccc(C)c(S(=O)(=O)N2CCN(C(=O)NC(c3ccccc3)C3CC3)CC2)c1. The number of benzene rings is 2. The zero-order valence-electron chi connectivity index (χ0n) is 17.5. The van der Waals surface area contributed by atoms with Gasteiger partial charge in [0.1, 0.15) is 0 Å². The fourth-order valence-electron chi connectivity index (χ4n) is 4.04. The number of sulfonamides is 1. The van der Waals surface area contributed by atoms with Crippen molar-refractivity contribution in [3.63, 3.8) is 0 Å². The van der Waals surface area contributed by atoms with Gasteiger partial charge in [0, 0.05) is 26.2 Å². The fraction of sp³-hybridized carbons (Fsp3) is 0.435. The number of nitrogens with zero attached hydrogens (tertiary/aromatic N) is 2. The van der Waals surface area contributed by atoms with Crippen molar-refractivity contribution in [1.82, 2.24) is 14.5 Å². The Kier molecular flexibility index (Phi) is 5.84. The van der Waals surface area contributed by atoms with Crippen LogP contribution >= 0.6 is 0 Å². The van der Waals surface area contributed by atoms with Crippen molar-refractivity contribution < 1.29 is 13.2 Å². The van der Waals surface area contributed by atoms with Gasteiger partial charge in [0.2, 0.25) is 10.0 Å². The zero-order valence-corrected chi connectivity index (χ0v) is 18.4. The molecule has 6 nitrogen and oxygen atoms in total. The van der Waals surface area contributed by atoms with Gasteiger partial charge in [-0.1, -0.05) is 42.5 Å². The number of nitrogens with one attached hydrogen (secondary N) is 1. The minimum atomic E-state index is -3.56. The summed E-state index contributed by atoms with van der Waals surface area (Å²) in [5.74, 6) is 0.488. The van der Waals surface area contributed by atoms with E-state index in [2.05, 4.69) is 17.4 Å². The molecular formula is C23H29N3O3S. The van der Waals surface area contributed by atoms with Crippen molar-refractivity contribution in [3.05, 3.63) is 65.2 Å². The molecule has 160 valence electrons. The summed E-state index contributed by atoms with van der Waals surface area (Å²) in [6.45, 7) is 5.11. The summed E-state index contributed by atoms with van der Waals surface area (Å²) in [6.07, 6.45) is 2.25. The third-order valence-electron chi connectivity index (χ3n) is 6.02. The van der Waals surface area contributed by atoms with Gasteiger partial charge in [-0.2, -0.15) is 4.31 Å². The van der Waals surface area contributed by atoms with Gasteiger partial charge < -0.3 is 10.2 Å². The highest BCUT2D eigenvalue weighted by Crippen LogP contribution is 2.41. The van der Waals surface area contributed by atoms with E-state index in [1.54, 1.807) is 11.0 Å². The Balaban J connectivity index is 1.40. The normalized spacial score (nSPS) is 18.8. The molecule has 0 spiro atoms. The summed E-state index contributed by atoms with van der Waals surface area (Å²) in [4.78, 5) is 15.0. The second kappa shape index (κ2) is 8.40. The first kappa shape index (κ1) is 20.9. The van der Waals surface area contributed by atoms with Gasteiger partial charge in [0.05, 0.1) is 10.9 Å². The van der Waals surface area contributed by atoms with Gasteiger partial charge in [-0.05, 0) is 55.4 Å². The average Bonchev–Trinajstić information content (AvgIpc) is 3.59. The highest BCUT2D eigenvalue weighted by molar-refractivity contribution is 7.89. The van der Waals surface area contributed by atoms with Crippen molar-refractivity contribution in [3.8, 4) is 0 Å². The molecule has 1 unspecified atom stereocenters. The predicted octanol–water partition coefficient (Wildman–Crippen LogP) is 3.47. The molecule has 30 heavy (non-hydrogen) atoms. The molecule has 2 aliphatic rings. The highest BCUT2D eigenvalue weighted by Gasteiger charge is 2.36. The molecule has 1 aliphatic heterocycles. The molecule has 1 atom stereocenters. The van der Waals surface area contributed by atoms with Crippen LogP contribution in [0.4, 0.5) is 4.79 Å². The topological polar surface area (TPSA) is 69.7 Å².